The molecule has 0 radical (unpaired) electrons. The molecule has 0 spiro atoms. The number of carbonyl (C=O) groups excluding carboxylic acids is 1. The van der Waals surface area contributed by atoms with Crippen molar-refractivity contribution in [2.24, 2.45) is 0 Å². The first-order valence-corrected chi connectivity index (χ1v) is 6.56. The Bertz CT molecular complexity index is 421. The Balaban J connectivity index is 2.98. The van der Waals surface area contributed by atoms with Crippen LogP contribution >= 0.6 is 15.9 Å². The zero-order chi connectivity index (χ0) is 13.7. The third kappa shape index (κ3) is 3.46. The third-order valence-corrected chi connectivity index (χ3v) is 3.24. The molecule has 0 unspecified atom stereocenters. The fraction of sp³-hybridized carbons (Fsp3) is 0.462. The van der Waals surface area contributed by atoms with E-state index in [0.29, 0.717) is 17.9 Å². The minimum atomic E-state index is -0.0950. The number of nitrogens with zero attached hydrogens (tertiary/aromatic N) is 1. The SMILES string of the molecule is COc1ccc(C(=O)N(CCO)C(C)C)cc1Br. The van der Waals surface area contributed by atoms with E-state index in [4.69, 9.17) is 9.84 Å². The molecule has 0 aliphatic carbocycles. The van der Waals surface area contributed by atoms with Gasteiger partial charge in [0.15, 0.2) is 0 Å². The van der Waals surface area contributed by atoms with Gasteiger partial charge in [0, 0.05) is 18.2 Å². The largest absolute Gasteiger partial charge is 0.496 e. The minimum absolute atomic E-state index is 0.0404. The lowest BCUT2D eigenvalue weighted by Gasteiger charge is -2.26. The van der Waals surface area contributed by atoms with E-state index < -0.39 is 0 Å². The predicted octanol–water partition coefficient (Wildman–Crippen LogP) is 2.30. The van der Waals surface area contributed by atoms with Crippen molar-refractivity contribution in [2.75, 3.05) is 20.3 Å². The number of aliphatic hydroxyl groups excluding tert-OH is 1. The van der Waals surface area contributed by atoms with Crippen molar-refractivity contribution in [1.82, 2.24) is 4.90 Å². The van der Waals surface area contributed by atoms with E-state index in [2.05, 4.69) is 15.9 Å². The molecular weight excluding hydrogens is 298 g/mol. The van der Waals surface area contributed by atoms with Crippen LogP contribution in [0.3, 0.4) is 0 Å². The van der Waals surface area contributed by atoms with Crippen LogP contribution < -0.4 is 4.74 Å². The Hall–Kier alpha value is -1.07. The molecular formula is C13H18BrNO3. The van der Waals surface area contributed by atoms with Gasteiger partial charge in [-0.05, 0) is 48.0 Å². The number of amides is 1. The van der Waals surface area contributed by atoms with Gasteiger partial charge in [0.2, 0.25) is 0 Å². The second kappa shape index (κ2) is 6.75. The highest BCUT2D eigenvalue weighted by atomic mass is 79.9. The molecule has 0 aliphatic rings. The summed E-state index contributed by atoms with van der Waals surface area (Å²) >= 11 is 3.36. The molecule has 5 heteroatoms. The minimum Gasteiger partial charge on any atom is -0.496 e. The second-order valence-electron chi connectivity index (χ2n) is 4.17. The van der Waals surface area contributed by atoms with Crippen LogP contribution in [0.2, 0.25) is 0 Å². The van der Waals surface area contributed by atoms with Crippen molar-refractivity contribution >= 4 is 21.8 Å². The maximum absolute atomic E-state index is 12.3. The predicted molar refractivity (Wildman–Crippen MR) is 74.0 cm³/mol. The van der Waals surface area contributed by atoms with Crippen molar-refractivity contribution < 1.29 is 14.6 Å². The summed E-state index contributed by atoms with van der Waals surface area (Å²) in [5, 5.41) is 8.99. The molecule has 0 aliphatic heterocycles. The van der Waals surface area contributed by atoms with E-state index in [-0.39, 0.29) is 18.6 Å². The molecule has 1 N–H and O–H groups in total. The van der Waals surface area contributed by atoms with Crippen molar-refractivity contribution in [3.63, 3.8) is 0 Å². The number of halogens is 1. The lowest BCUT2D eigenvalue weighted by Crippen LogP contribution is -2.39. The average Bonchev–Trinajstić information content (AvgIpc) is 2.34. The van der Waals surface area contributed by atoms with E-state index in [0.717, 1.165) is 4.47 Å². The van der Waals surface area contributed by atoms with Crippen LogP contribution in [0.1, 0.15) is 24.2 Å². The van der Waals surface area contributed by atoms with E-state index in [1.807, 2.05) is 13.8 Å². The molecule has 0 saturated heterocycles. The Morgan fingerprint density at radius 1 is 1.50 bits per heavy atom. The van der Waals surface area contributed by atoms with Crippen LogP contribution in [0.15, 0.2) is 22.7 Å². The summed E-state index contributed by atoms with van der Waals surface area (Å²) in [6.45, 7) is 4.14. The van der Waals surface area contributed by atoms with Gasteiger partial charge < -0.3 is 14.7 Å². The van der Waals surface area contributed by atoms with Gasteiger partial charge in [0.1, 0.15) is 5.75 Å². The molecule has 1 amide bonds. The van der Waals surface area contributed by atoms with Crippen LogP contribution in [0, 0.1) is 0 Å². The standard InChI is InChI=1S/C13H18BrNO3/c1-9(2)15(6-7-16)13(17)10-4-5-12(18-3)11(14)8-10/h4-5,8-9,16H,6-7H2,1-3H3. The summed E-state index contributed by atoms with van der Waals surface area (Å²) in [7, 11) is 1.58. The molecule has 100 valence electrons. The molecule has 0 heterocycles. The highest BCUT2D eigenvalue weighted by molar-refractivity contribution is 9.10. The van der Waals surface area contributed by atoms with Crippen molar-refractivity contribution in [2.45, 2.75) is 19.9 Å². The topological polar surface area (TPSA) is 49.8 Å². The quantitative estimate of drug-likeness (QED) is 0.907. The van der Waals surface area contributed by atoms with Gasteiger partial charge in [-0.2, -0.15) is 0 Å². The Morgan fingerprint density at radius 3 is 2.61 bits per heavy atom. The number of ether oxygens (including phenoxy) is 1. The number of aliphatic hydroxyl groups is 1. The summed E-state index contributed by atoms with van der Waals surface area (Å²) in [6.07, 6.45) is 0. The van der Waals surface area contributed by atoms with E-state index in [9.17, 15) is 4.79 Å². The lowest BCUT2D eigenvalue weighted by atomic mass is 10.1. The first-order chi connectivity index (χ1) is 8.51. The zero-order valence-electron chi connectivity index (χ0n) is 10.8. The van der Waals surface area contributed by atoms with Crippen LogP contribution in [0.5, 0.6) is 5.75 Å². The fourth-order valence-corrected chi connectivity index (χ4v) is 2.21. The van der Waals surface area contributed by atoms with E-state index in [1.165, 1.54) is 0 Å². The molecule has 1 aromatic carbocycles. The molecule has 4 nitrogen and oxygen atoms in total. The number of rotatable bonds is 5. The van der Waals surface area contributed by atoms with Gasteiger partial charge in [0.25, 0.3) is 5.91 Å². The number of methoxy groups -OCH3 is 1. The monoisotopic (exact) mass is 315 g/mol. The van der Waals surface area contributed by atoms with Crippen LogP contribution in [-0.4, -0.2) is 42.2 Å². The highest BCUT2D eigenvalue weighted by Gasteiger charge is 2.18. The zero-order valence-corrected chi connectivity index (χ0v) is 12.4. The van der Waals surface area contributed by atoms with E-state index >= 15 is 0 Å². The first kappa shape index (κ1) is 15.0. The second-order valence-corrected chi connectivity index (χ2v) is 5.02. The lowest BCUT2D eigenvalue weighted by molar-refractivity contribution is 0.0665. The maximum atomic E-state index is 12.3. The molecule has 0 atom stereocenters. The molecule has 0 fully saturated rings. The fourth-order valence-electron chi connectivity index (χ4n) is 1.67. The average molecular weight is 316 g/mol. The number of hydrogen-bond acceptors (Lipinski definition) is 3. The van der Waals surface area contributed by atoms with Crippen LogP contribution in [0.4, 0.5) is 0 Å². The molecule has 0 bridgehead atoms. The van der Waals surface area contributed by atoms with Gasteiger partial charge >= 0.3 is 0 Å². The number of benzene rings is 1. The number of carbonyl (C=O) groups is 1. The van der Waals surface area contributed by atoms with Gasteiger partial charge in [-0.25, -0.2) is 0 Å². The Labute approximate surface area is 116 Å². The summed E-state index contributed by atoms with van der Waals surface area (Å²) in [5.74, 6) is 0.590. The van der Waals surface area contributed by atoms with Crippen molar-refractivity contribution in [3.8, 4) is 5.75 Å². The Morgan fingerprint density at radius 2 is 2.17 bits per heavy atom. The summed E-state index contributed by atoms with van der Waals surface area (Å²) in [5.41, 5.74) is 0.574. The Kier molecular flexibility index (Phi) is 5.62. The maximum Gasteiger partial charge on any atom is 0.254 e. The third-order valence-electron chi connectivity index (χ3n) is 2.62. The summed E-state index contributed by atoms with van der Waals surface area (Å²) in [4.78, 5) is 13.9. The van der Waals surface area contributed by atoms with Crippen molar-refractivity contribution in [1.29, 1.82) is 0 Å². The van der Waals surface area contributed by atoms with Gasteiger partial charge in [0.05, 0.1) is 18.2 Å². The van der Waals surface area contributed by atoms with Crippen LogP contribution in [0.25, 0.3) is 0 Å². The number of hydrogen-bond donors (Lipinski definition) is 1. The molecule has 0 saturated carbocycles. The van der Waals surface area contributed by atoms with Crippen molar-refractivity contribution in [3.05, 3.63) is 28.2 Å². The smallest absolute Gasteiger partial charge is 0.254 e. The molecule has 1 rings (SSSR count). The highest BCUT2D eigenvalue weighted by Crippen LogP contribution is 2.26. The van der Waals surface area contributed by atoms with E-state index in [1.54, 1.807) is 30.2 Å². The first-order valence-electron chi connectivity index (χ1n) is 5.76. The summed E-state index contributed by atoms with van der Waals surface area (Å²) in [6, 6.07) is 5.24. The molecule has 0 aromatic heterocycles. The van der Waals surface area contributed by atoms with Crippen LogP contribution in [-0.2, 0) is 0 Å². The molecule has 18 heavy (non-hydrogen) atoms. The summed E-state index contributed by atoms with van der Waals surface area (Å²) < 4.78 is 5.86. The van der Waals surface area contributed by atoms with Gasteiger partial charge in [-0.3, -0.25) is 4.79 Å². The normalized spacial score (nSPS) is 10.6. The molecule has 1 aromatic rings. The van der Waals surface area contributed by atoms with Gasteiger partial charge in [-0.1, -0.05) is 0 Å². The van der Waals surface area contributed by atoms with Gasteiger partial charge in [-0.15, -0.1) is 0 Å².